The molecule has 1 fully saturated rings. The molecule has 0 unspecified atom stereocenters. The third-order valence-electron chi connectivity index (χ3n) is 2.55. The van der Waals surface area contributed by atoms with Crippen LogP contribution in [0.4, 0.5) is 0 Å². The topological polar surface area (TPSA) is 21.3 Å². The predicted octanol–water partition coefficient (Wildman–Crippen LogP) is 2.60. The Kier molecular flexibility index (Phi) is 4.51. The second-order valence-electron chi connectivity index (χ2n) is 3.78. The van der Waals surface area contributed by atoms with Gasteiger partial charge in [-0.25, -0.2) is 0 Å². The van der Waals surface area contributed by atoms with Crippen LogP contribution < -0.4 is 5.48 Å². The molecular weight excluding hydrogens is 206 g/mol. The normalized spacial score (nSPS) is 17.9. The molecule has 1 saturated heterocycles. The van der Waals surface area contributed by atoms with E-state index < -0.39 is 0 Å². The van der Waals surface area contributed by atoms with Crippen LogP contribution in [0.5, 0.6) is 0 Å². The highest BCUT2D eigenvalue weighted by molar-refractivity contribution is 7.99. The summed E-state index contributed by atoms with van der Waals surface area (Å²) in [6.45, 7) is 0.657. The number of benzene rings is 1. The molecule has 1 aromatic carbocycles. The molecule has 1 aliphatic rings. The molecule has 1 aliphatic heterocycles. The zero-order valence-corrected chi connectivity index (χ0v) is 9.63. The first-order chi connectivity index (χ1) is 7.45. The molecule has 1 heterocycles. The molecule has 1 aromatic rings. The summed E-state index contributed by atoms with van der Waals surface area (Å²) >= 11 is 2.03. The lowest BCUT2D eigenvalue weighted by Crippen LogP contribution is -2.32. The first kappa shape index (κ1) is 11.0. The molecule has 0 amide bonds. The van der Waals surface area contributed by atoms with Crippen molar-refractivity contribution in [1.29, 1.82) is 0 Å². The van der Waals surface area contributed by atoms with E-state index in [1.54, 1.807) is 0 Å². The van der Waals surface area contributed by atoms with Gasteiger partial charge in [-0.3, -0.25) is 4.84 Å². The number of hydrogen-bond acceptors (Lipinski definition) is 3. The van der Waals surface area contributed by atoms with Crippen LogP contribution in [0.15, 0.2) is 30.3 Å². The zero-order valence-electron chi connectivity index (χ0n) is 8.82. The monoisotopic (exact) mass is 223 g/mol. The third-order valence-corrected chi connectivity index (χ3v) is 3.60. The van der Waals surface area contributed by atoms with Gasteiger partial charge >= 0.3 is 0 Å². The van der Waals surface area contributed by atoms with Crippen molar-refractivity contribution in [2.24, 2.45) is 0 Å². The van der Waals surface area contributed by atoms with E-state index in [2.05, 4.69) is 17.6 Å². The maximum Gasteiger partial charge on any atom is 0.0933 e. The van der Waals surface area contributed by atoms with Crippen LogP contribution in [0.25, 0.3) is 0 Å². The minimum atomic E-state index is 0.551. The Morgan fingerprint density at radius 1 is 1.20 bits per heavy atom. The molecular formula is C12H17NOS. The van der Waals surface area contributed by atoms with E-state index in [0.717, 1.165) is 0 Å². The summed E-state index contributed by atoms with van der Waals surface area (Å²) in [4.78, 5) is 5.50. The fourth-order valence-corrected chi connectivity index (χ4v) is 2.74. The molecule has 1 N–H and O–H groups in total. The van der Waals surface area contributed by atoms with Crippen LogP contribution in [-0.2, 0) is 11.4 Å². The SMILES string of the molecule is c1ccc(CONC2CCSCC2)cc1. The maximum absolute atomic E-state index is 5.50. The van der Waals surface area contributed by atoms with Crippen LogP contribution >= 0.6 is 11.8 Å². The summed E-state index contributed by atoms with van der Waals surface area (Å²) in [6, 6.07) is 10.8. The van der Waals surface area contributed by atoms with Crippen LogP contribution in [0.1, 0.15) is 18.4 Å². The maximum atomic E-state index is 5.50. The summed E-state index contributed by atoms with van der Waals surface area (Å²) in [7, 11) is 0. The molecule has 2 nitrogen and oxygen atoms in total. The van der Waals surface area contributed by atoms with Crippen molar-refractivity contribution in [3.63, 3.8) is 0 Å². The summed E-state index contributed by atoms with van der Waals surface area (Å²) in [5.74, 6) is 2.51. The Morgan fingerprint density at radius 2 is 1.93 bits per heavy atom. The van der Waals surface area contributed by atoms with Gasteiger partial charge in [-0.15, -0.1) is 0 Å². The molecule has 0 atom stereocenters. The minimum absolute atomic E-state index is 0.551. The summed E-state index contributed by atoms with van der Waals surface area (Å²) in [5.41, 5.74) is 4.37. The summed E-state index contributed by atoms with van der Waals surface area (Å²) < 4.78 is 0. The van der Waals surface area contributed by atoms with Crippen molar-refractivity contribution in [2.75, 3.05) is 11.5 Å². The molecule has 0 radical (unpaired) electrons. The van der Waals surface area contributed by atoms with E-state index >= 15 is 0 Å². The smallest absolute Gasteiger partial charge is 0.0933 e. The van der Waals surface area contributed by atoms with Gasteiger partial charge in [0.2, 0.25) is 0 Å². The second-order valence-corrected chi connectivity index (χ2v) is 5.00. The molecule has 2 rings (SSSR count). The molecule has 0 saturated carbocycles. The second kappa shape index (κ2) is 6.16. The Balaban J connectivity index is 1.66. The van der Waals surface area contributed by atoms with Gasteiger partial charge in [-0.2, -0.15) is 17.2 Å². The molecule has 0 spiro atoms. The molecule has 15 heavy (non-hydrogen) atoms. The van der Waals surface area contributed by atoms with Gasteiger partial charge in [0.25, 0.3) is 0 Å². The van der Waals surface area contributed by atoms with Crippen molar-refractivity contribution < 1.29 is 4.84 Å². The van der Waals surface area contributed by atoms with Crippen molar-refractivity contribution in [3.8, 4) is 0 Å². The number of thioether (sulfide) groups is 1. The number of hydrogen-bond donors (Lipinski definition) is 1. The van der Waals surface area contributed by atoms with Crippen LogP contribution in [0.2, 0.25) is 0 Å². The van der Waals surface area contributed by atoms with E-state index in [0.29, 0.717) is 12.6 Å². The minimum Gasteiger partial charge on any atom is -0.297 e. The first-order valence-corrected chi connectivity index (χ1v) is 6.59. The van der Waals surface area contributed by atoms with Crippen molar-refractivity contribution in [3.05, 3.63) is 35.9 Å². The average Bonchev–Trinajstić information content (AvgIpc) is 2.32. The lowest BCUT2D eigenvalue weighted by molar-refractivity contribution is 0.00182. The standard InChI is InChI=1S/C12H17NOS/c1-2-4-11(5-3-1)10-14-13-12-6-8-15-9-7-12/h1-5,12-13H,6-10H2. The quantitative estimate of drug-likeness (QED) is 0.793. The summed E-state index contributed by atoms with van der Waals surface area (Å²) in [6.07, 6.45) is 2.44. The van der Waals surface area contributed by atoms with Gasteiger partial charge in [0, 0.05) is 6.04 Å². The van der Waals surface area contributed by atoms with Gasteiger partial charge < -0.3 is 0 Å². The first-order valence-electron chi connectivity index (χ1n) is 5.44. The highest BCUT2D eigenvalue weighted by atomic mass is 32.2. The molecule has 0 bridgehead atoms. The lowest BCUT2D eigenvalue weighted by Gasteiger charge is -2.21. The van der Waals surface area contributed by atoms with Gasteiger partial charge in [0.1, 0.15) is 0 Å². The van der Waals surface area contributed by atoms with E-state index in [4.69, 9.17) is 4.84 Å². The highest BCUT2D eigenvalue weighted by Crippen LogP contribution is 2.16. The highest BCUT2D eigenvalue weighted by Gasteiger charge is 2.12. The van der Waals surface area contributed by atoms with Gasteiger partial charge in [0.05, 0.1) is 6.61 Å². The van der Waals surface area contributed by atoms with E-state index in [9.17, 15) is 0 Å². The largest absolute Gasteiger partial charge is 0.297 e. The van der Waals surface area contributed by atoms with E-state index in [1.807, 2.05) is 30.0 Å². The third kappa shape index (κ3) is 3.86. The number of hydroxylamine groups is 1. The fraction of sp³-hybridized carbons (Fsp3) is 0.500. The van der Waals surface area contributed by atoms with Crippen molar-refractivity contribution >= 4 is 11.8 Å². The predicted molar refractivity (Wildman–Crippen MR) is 64.7 cm³/mol. The molecule has 0 aliphatic carbocycles. The average molecular weight is 223 g/mol. The van der Waals surface area contributed by atoms with Gasteiger partial charge in [-0.05, 0) is 29.9 Å². The zero-order chi connectivity index (χ0) is 10.3. The van der Waals surface area contributed by atoms with Crippen LogP contribution in [0.3, 0.4) is 0 Å². The van der Waals surface area contributed by atoms with Gasteiger partial charge in [-0.1, -0.05) is 30.3 Å². The Morgan fingerprint density at radius 3 is 2.67 bits per heavy atom. The molecule has 3 heteroatoms. The Bertz CT molecular complexity index is 272. The molecule has 82 valence electrons. The van der Waals surface area contributed by atoms with Gasteiger partial charge in [0.15, 0.2) is 0 Å². The van der Waals surface area contributed by atoms with Crippen LogP contribution in [0, 0.1) is 0 Å². The van der Waals surface area contributed by atoms with Crippen molar-refractivity contribution in [2.45, 2.75) is 25.5 Å². The van der Waals surface area contributed by atoms with Crippen molar-refractivity contribution in [1.82, 2.24) is 5.48 Å². The number of rotatable bonds is 4. The van der Waals surface area contributed by atoms with Crippen LogP contribution in [-0.4, -0.2) is 17.5 Å². The number of nitrogens with one attached hydrogen (secondary N) is 1. The summed E-state index contributed by atoms with van der Waals surface area (Å²) in [5, 5.41) is 0. The van der Waals surface area contributed by atoms with E-state index in [-0.39, 0.29) is 0 Å². The molecule has 0 aromatic heterocycles. The lowest BCUT2D eigenvalue weighted by atomic mass is 10.2. The Labute approximate surface area is 95.4 Å². The fourth-order valence-electron chi connectivity index (χ4n) is 1.63. The van der Waals surface area contributed by atoms with E-state index in [1.165, 1.54) is 29.9 Å². The Hall–Kier alpha value is -0.510.